The Kier molecular flexibility index (Phi) is 3.82. The number of phenols is 1. The Balaban J connectivity index is 2.02. The molecule has 1 amide bonds. The van der Waals surface area contributed by atoms with Crippen molar-refractivity contribution in [1.29, 1.82) is 0 Å². The van der Waals surface area contributed by atoms with Crippen LogP contribution in [0.25, 0.3) is 0 Å². The monoisotopic (exact) mass is 276 g/mol. The largest absolute Gasteiger partial charge is 0.506 e. The van der Waals surface area contributed by atoms with Crippen LogP contribution in [0.3, 0.4) is 0 Å². The fourth-order valence-electron chi connectivity index (χ4n) is 1.48. The van der Waals surface area contributed by atoms with E-state index in [1.165, 1.54) is 12.3 Å². The first kappa shape index (κ1) is 13.1. The molecule has 1 aromatic heterocycles. The molecule has 0 unspecified atom stereocenters. The van der Waals surface area contributed by atoms with Crippen molar-refractivity contribution in [2.75, 3.05) is 5.32 Å². The van der Waals surface area contributed by atoms with E-state index in [9.17, 15) is 9.90 Å². The summed E-state index contributed by atoms with van der Waals surface area (Å²) in [6.45, 7) is 1.88. The van der Waals surface area contributed by atoms with E-state index >= 15 is 0 Å². The van der Waals surface area contributed by atoms with E-state index in [4.69, 9.17) is 16.6 Å². The van der Waals surface area contributed by atoms with Gasteiger partial charge in [0.25, 0.3) is 5.91 Å². The summed E-state index contributed by atoms with van der Waals surface area (Å²) in [6, 6.07) is 8.18. The lowest BCUT2D eigenvalue weighted by Crippen LogP contribution is -2.33. The van der Waals surface area contributed by atoms with Gasteiger partial charge >= 0.3 is 0 Å². The van der Waals surface area contributed by atoms with Crippen LogP contribution < -0.4 is 10.6 Å². The smallest absolute Gasteiger partial charge is 0.293 e. The van der Waals surface area contributed by atoms with Crippen molar-refractivity contribution >= 4 is 28.9 Å². The van der Waals surface area contributed by atoms with Gasteiger partial charge in [0.15, 0.2) is 10.9 Å². The van der Waals surface area contributed by atoms with Gasteiger partial charge in [0.2, 0.25) is 0 Å². The highest BCUT2D eigenvalue weighted by Crippen LogP contribution is 2.23. The Hall–Kier alpha value is -2.34. The molecule has 1 aromatic carbocycles. The Morgan fingerprint density at radius 1 is 1.37 bits per heavy atom. The number of benzene rings is 1. The summed E-state index contributed by atoms with van der Waals surface area (Å²) < 4.78 is 4.94. The fraction of sp³-hybridized carbons (Fsp3) is 0.0769. The fourth-order valence-corrected chi connectivity index (χ4v) is 1.68. The van der Waals surface area contributed by atoms with E-state index in [-0.39, 0.29) is 16.6 Å². The van der Waals surface area contributed by atoms with Gasteiger partial charge in [-0.05, 0) is 49.0 Å². The van der Waals surface area contributed by atoms with Crippen LogP contribution in [0, 0.1) is 6.92 Å². The Morgan fingerprint density at radius 3 is 2.84 bits per heavy atom. The molecule has 0 aliphatic rings. The lowest BCUT2D eigenvalue weighted by molar-refractivity contribution is 0.0950. The van der Waals surface area contributed by atoms with Gasteiger partial charge < -0.3 is 14.8 Å². The Morgan fingerprint density at radius 2 is 2.16 bits per heavy atom. The van der Waals surface area contributed by atoms with Crippen LogP contribution in [0.1, 0.15) is 16.1 Å². The zero-order valence-electron chi connectivity index (χ0n) is 10.1. The van der Waals surface area contributed by atoms with Crippen LogP contribution in [0.5, 0.6) is 5.75 Å². The maximum absolute atomic E-state index is 11.7. The van der Waals surface area contributed by atoms with Crippen molar-refractivity contribution in [1.82, 2.24) is 5.32 Å². The number of hydrogen-bond donors (Lipinski definition) is 3. The number of phenolic OH excluding ortho intramolecular Hbond substituents is 1. The molecule has 0 aliphatic carbocycles. The van der Waals surface area contributed by atoms with Crippen molar-refractivity contribution in [3.63, 3.8) is 0 Å². The second-order valence-corrected chi connectivity index (χ2v) is 4.31. The molecule has 2 rings (SSSR count). The second-order valence-electron chi connectivity index (χ2n) is 3.91. The van der Waals surface area contributed by atoms with Crippen molar-refractivity contribution in [2.45, 2.75) is 6.92 Å². The van der Waals surface area contributed by atoms with Gasteiger partial charge in [-0.2, -0.15) is 0 Å². The summed E-state index contributed by atoms with van der Waals surface area (Å²) >= 11 is 4.99. The molecule has 1 heterocycles. The zero-order chi connectivity index (χ0) is 13.8. The van der Waals surface area contributed by atoms with Crippen molar-refractivity contribution in [3.8, 4) is 5.75 Å². The SMILES string of the molecule is Cc1ccc(O)c(NC(=S)NC(=O)c2ccco2)c1. The van der Waals surface area contributed by atoms with Gasteiger partial charge in [-0.25, -0.2) is 0 Å². The number of anilines is 1. The molecule has 0 radical (unpaired) electrons. The van der Waals surface area contributed by atoms with Gasteiger partial charge in [0.05, 0.1) is 12.0 Å². The zero-order valence-corrected chi connectivity index (χ0v) is 11.0. The average Bonchev–Trinajstić information content (AvgIpc) is 2.87. The second kappa shape index (κ2) is 5.53. The third kappa shape index (κ3) is 3.32. The molecule has 0 saturated carbocycles. The van der Waals surface area contributed by atoms with E-state index in [1.807, 2.05) is 6.92 Å². The molecular weight excluding hydrogens is 264 g/mol. The number of nitrogens with one attached hydrogen (secondary N) is 2. The topological polar surface area (TPSA) is 74.5 Å². The number of carbonyl (C=O) groups excluding carboxylic acids is 1. The molecule has 3 N–H and O–H groups in total. The minimum Gasteiger partial charge on any atom is -0.506 e. The molecule has 0 aliphatic heterocycles. The van der Waals surface area contributed by atoms with Gasteiger partial charge in [-0.15, -0.1) is 0 Å². The maximum atomic E-state index is 11.7. The summed E-state index contributed by atoms with van der Waals surface area (Å²) in [5.74, 6) is -0.229. The number of carbonyl (C=O) groups is 1. The van der Waals surface area contributed by atoms with Gasteiger partial charge in [0, 0.05) is 0 Å². The predicted octanol–water partition coefficient (Wildman–Crippen LogP) is 2.42. The van der Waals surface area contributed by atoms with E-state index in [0.717, 1.165) is 5.56 Å². The van der Waals surface area contributed by atoms with Gasteiger partial charge in [-0.3, -0.25) is 10.1 Å². The summed E-state index contributed by atoms with van der Waals surface area (Å²) in [4.78, 5) is 11.7. The minimum absolute atomic E-state index is 0.0557. The van der Waals surface area contributed by atoms with Crippen LogP contribution in [-0.2, 0) is 0 Å². The minimum atomic E-state index is -0.449. The molecular formula is C13H12N2O3S. The highest BCUT2D eigenvalue weighted by molar-refractivity contribution is 7.80. The van der Waals surface area contributed by atoms with Crippen molar-refractivity contribution in [2.24, 2.45) is 0 Å². The number of furan rings is 1. The number of aryl methyl sites for hydroxylation is 1. The molecule has 5 nitrogen and oxygen atoms in total. The molecule has 0 bridgehead atoms. The van der Waals surface area contributed by atoms with Crippen LogP contribution >= 0.6 is 12.2 Å². The molecule has 6 heteroatoms. The Bertz CT molecular complexity index is 608. The van der Waals surface area contributed by atoms with Crippen molar-refractivity contribution in [3.05, 3.63) is 47.9 Å². The number of hydrogen-bond acceptors (Lipinski definition) is 4. The highest BCUT2D eigenvalue weighted by Gasteiger charge is 2.11. The third-order valence-electron chi connectivity index (χ3n) is 2.37. The van der Waals surface area contributed by atoms with Gasteiger partial charge in [-0.1, -0.05) is 6.07 Å². The number of aromatic hydroxyl groups is 1. The molecule has 0 fully saturated rings. The summed E-state index contributed by atoms with van der Waals surface area (Å²) in [7, 11) is 0. The van der Waals surface area contributed by atoms with E-state index in [0.29, 0.717) is 5.69 Å². The van der Waals surface area contributed by atoms with E-state index in [2.05, 4.69) is 10.6 Å². The summed E-state index contributed by atoms with van der Waals surface area (Å²) in [5, 5.41) is 14.9. The molecule has 0 atom stereocenters. The highest BCUT2D eigenvalue weighted by atomic mass is 32.1. The lowest BCUT2D eigenvalue weighted by Gasteiger charge is -2.10. The third-order valence-corrected chi connectivity index (χ3v) is 2.58. The lowest BCUT2D eigenvalue weighted by atomic mass is 10.2. The first-order chi connectivity index (χ1) is 9.06. The van der Waals surface area contributed by atoms with Gasteiger partial charge in [0.1, 0.15) is 5.75 Å². The summed E-state index contributed by atoms with van der Waals surface area (Å²) in [5.41, 5.74) is 1.39. The molecule has 98 valence electrons. The van der Waals surface area contributed by atoms with Crippen molar-refractivity contribution < 1.29 is 14.3 Å². The van der Waals surface area contributed by atoms with Crippen LogP contribution in [-0.4, -0.2) is 16.1 Å². The molecule has 19 heavy (non-hydrogen) atoms. The standard InChI is InChI=1S/C13H12N2O3S/c1-8-4-5-10(16)9(7-8)14-13(19)15-12(17)11-3-2-6-18-11/h2-7,16H,1H3,(H2,14,15,17,19). The van der Waals surface area contributed by atoms with Crippen LogP contribution in [0.2, 0.25) is 0 Å². The number of amides is 1. The average molecular weight is 276 g/mol. The first-order valence-electron chi connectivity index (χ1n) is 5.52. The normalized spacial score (nSPS) is 9.95. The van der Waals surface area contributed by atoms with Crippen LogP contribution in [0.15, 0.2) is 41.0 Å². The molecule has 0 saturated heterocycles. The van der Waals surface area contributed by atoms with Crippen LogP contribution in [0.4, 0.5) is 5.69 Å². The number of thiocarbonyl (C=S) groups is 1. The van der Waals surface area contributed by atoms with E-state index < -0.39 is 5.91 Å². The number of rotatable bonds is 2. The van der Waals surface area contributed by atoms with E-state index in [1.54, 1.807) is 24.3 Å². The maximum Gasteiger partial charge on any atom is 0.293 e. The molecule has 2 aromatic rings. The predicted molar refractivity (Wildman–Crippen MR) is 75.2 cm³/mol. The summed E-state index contributed by atoms with van der Waals surface area (Å²) in [6.07, 6.45) is 1.40. The molecule has 0 spiro atoms. The first-order valence-corrected chi connectivity index (χ1v) is 5.92. The quantitative estimate of drug-likeness (QED) is 0.580. The Labute approximate surface area is 115 Å².